The molecule has 4 aromatic rings. The highest BCUT2D eigenvalue weighted by Gasteiger charge is 2.12. The number of rotatable bonds is 7. The summed E-state index contributed by atoms with van der Waals surface area (Å²) in [7, 11) is -1.59. The molecule has 0 aliphatic rings. The van der Waals surface area contributed by atoms with Crippen LogP contribution in [-0.2, 0) is 15.6 Å². The maximum atomic E-state index is 12.8. The third-order valence-corrected chi connectivity index (χ3v) is 6.50. The molecule has 0 atom stereocenters. The molecule has 192 valence electrons. The van der Waals surface area contributed by atoms with Gasteiger partial charge in [-0.25, -0.2) is 13.4 Å². The highest BCUT2D eigenvalue weighted by Crippen LogP contribution is 2.31. The van der Waals surface area contributed by atoms with Gasteiger partial charge < -0.3 is 10.1 Å². The van der Waals surface area contributed by atoms with Crippen molar-refractivity contribution in [2.75, 3.05) is 18.7 Å². The number of amides is 1. The van der Waals surface area contributed by atoms with E-state index in [1.807, 2.05) is 56.3 Å². The average Bonchev–Trinajstić information content (AvgIpc) is 2.90. The van der Waals surface area contributed by atoms with E-state index in [0.29, 0.717) is 22.2 Å². The molecular weight excluding hydrogens is 508 g/mol. The maximum absolute atomic E-state index is 12.8. The molecule has 1 N–H and O–H groups in total. The molecule has 1 amide bonds. The van der Waals surface area contributed by atoms with Crippen molar-refractivity contribution in [2.24, 2.45) is 0 Å². The van der Waals surface area contributed by atoms with Crippen molar-refractivity contribution in [1.82, 2.24) is 4.98 Å². The van der Waals surface area contributed by atoms with E-state index in [2.05, 4.69) is 10.3 Å². The second kappa shape index (κ2) is 12.5. The summed E-state index contributed by atoms with van der Waals surface area (Å²) in [6.45, 7) is 4.00. The van der Waals surface area contributed by atoms with E-state index in [-0.39, 0.29) is 11.7 Å². The molecule has 0 radical (unpaired) electrons. The van der Waals surface area contributed by atoms with Gasteiger partial charge in [0.2, 0.25) is 5.88 Å². The smallest absolute Gasteiger partial charge is 0.255 e. The van der Waals surface area contributed by atoms with Gasteiger partial charge in [-0.05, 0) is 46.5 Å². The lowest BCUT2D eigenvalue weighted by Gasteiger charge is -2.11. The molecule has 3 aromatic carbocycles. The van der Waals surface area contributed by atoms with Gasteiger partial charge in [-0.1, -0.05) is 74.0 Å². The fraction of sp³-hybridized carbons (Fsp3) is 0.172. The maximum Gasteiger partial charge on any atom is 0.255 e. The number of aromatic nitrogens is 1. The van der Waals surface area contributed by atoms with Crippen LogP contribution in [0.1, 0.15) is 29.8 Å². The van der Waals surface area contributed by atoms with Gasteiger partial charge in [0.25, 0.3) is 5.91 Å². The first-order valence-electron chi connectivity index (χ1n) is 11.7. The standard InChI is InChI=1S/C27H23ClN2O4S.C2H6/c1-34-26-13-11-23(16-29-26)30-27(31)22-10-12-25(28)24(15-22)20-8-6-19(7-9-20)21-5-3-4-18(14-21)17-35(2,32)33;1-2/h3-16H,17H2,1-2H3,(H,30,31);1-2H3. The molecule has 1 heterocycles. The summed E-state index contributed by atoms with van der Waals surface area (Å²) < 4.78 is 28.3. The number of halogens is 1. The van der Waals surface area contributed by atoms with Gasteiger partial charge in [0.05, 0.1) is 24.7 Å². The number of sulfone groups is 1. The molecule has 0 spiro atoms. The van der Waals surface area contributed by atoms with Gasteiger partial charge in [0.1, 0.15) is 0 Å². The van der Waals surface area contributed by atoms with Crippen LogP contribution >= 0.6 is 11.6 Å². The Bertz CT molecular complexity index is 1470. The Balaban J connectivity index is 0.00000186. The molecule has 0 fully saturated rings. The van der Waals surface area contributed by atoms with Gasteiger partial charge in [-0.15, -0.1) is 0 Å². The van der Waals surface area contributed by atoms with Crippen molar-refractivity contribution in [3.05, 3.63) is 101 Å². The minimum atomic E-state index is -3.11. The molecule has 0 saturated heterocycles. The van der Waals surface area contributed by atoms with Crippen LogP contribution in [0, 0.1) is 0 Å². The number of hydrogen-bond acceptors (Lipinski definition) is 5. The molecule has 6 nitrogen and oxygen atoms in total. The number of benzene rings is 3. The number of nitrogens with one attached hydrogen (secondary N) is 1. The van der Waals surface area contributed by atoms with Crippen molar-refractivity contribution >= 4 is 33.0 Å². The van der Waals surface area contributed by atoms with Crippen LogP contribution in [0.5, 0.6) is 5.88 Å². The van der Waals surface area contributed by atoms with Gasteiger partial charge in [0.15, 0.2) is 9.84 Å². The minimum Gasteiger partial charge on any atom is -0.481 e. The molecule has 37 heavy (non-hydrogen) atoms. The van der Waals surface area contributed by atoms with E-state index in [1.165, 1.54) is 19.6 Å². The summed E-state index contributed by atoms with van der Waals surface area (Å²) in [5.74, 6) is 0.173. The lowest BCUT2D eigenvalue weighted by molar-refractivity contribution is 0.102. The molecule has 0 aliphatic heterocycles. The lowest BCUT2D eigenvalue weighted by Crippen LogP contribution is -2.12. The molecular formula is C29H29ClN2O4S. The predicted molar refractivity (Wildman–Crippen MR) is 151 cm³/mol. The third-order valence-electron chi connectivity index (χ3n) is 5.32. The summed E-state index contributed by atoms with van der Waals surface area (Å²) in [5.41, 5.74) is 5.19. The summed E-state index contributed by atoms with van der Waals surface area (Å²) >= 11 is 6.46. The Hall–Kier alpha value is -3.68. The summed E-state index contributed by atoms with van der Waals surface area (Å²) in [4.78, 5) is 16.9. The van der Waals surface area contributed by atoms with E-state index in [9.17, 15) is 13.2 Å². The monoisotopic (exact) mass is 536 g/mol. The molecule has 0 aliphatic carbocycles. The van der Waals surface area contributed by atoms with Crippen molar-refractivity contribution in [1.29, 1.82) is 0 Å². The zero-order valence-corrected chi connectivity index (χ0v) is 22.7. The zero-order chi connectivity index (χ0) is 27.0. The highest BCUT2D eigenvalue weighted by molar-refractivity contribution is 7.89. The largest absolute Gasteiger partial charge is 0.481 e. The van der Waals surface area contributed by atoms with Crippen molar-refractivity contribution in [2.45, 2.75) is 19.6 Å². The molecule has 0 saturated carbocycles. The quantitative estimate of drug-likeness (QED) is 0.277. The van der Waals surface area contributed by atoms with Crippen molar-refractivity contribution in [3.8, 4) is 28.1 Å². The Labute approximate surface area is 223 Å². The molecule has 0 bridgehead atoms. The zero-order valence-electron chi connectivity index (χ0n) is 21.2. The lowest BCUT2D eigenvalue weighted by atomic mass is 9.98. The van der Waals surface area contributed by atoms with Gasteiger partial charge in [-0.3, -0.25) is 4.79 Å². The number of pyridine rings is 1. The first-order chi connectivity index (χ1) is 17.7. The third kappa shape index (κ3) is 7.65. The second-order valence-corrected chi connectivity index (χ2v) is 10.6. The fourth-order valence-electron chi connectivity index (χ4n) is 3.65. The average molecular weight is 537 g/mol. The summed E-state index contributed by atoms with van der Waals surface area (Å²) in [5, 5.41) is 3.34. The normalized spacial score (nSPS) is 10.7. The Morgan fingerprint density at radius 1 is 0.919 bits per heavy atom. The highest BCUT2D eigenvalue weighted by atomic mass is 35.5. The Kier molecular flexibility index (Phi) is 9.44. The number of methoxy groups -OCH3 is 1. The Morgan fingerprint density at radius 2 is 1.62 bits per heavy atom. The van der Waals surface area contributed by atoms with Gasteiger partial charge in [0, 0.05) is 28.5 Å². The predicted octanol–water partition coefficient (Wildman–Crippen LogP) is 6.90. The molecule has 4 rings (SSSR count). The van der Waals surface area contributed by atoms with Crippen LogP contribution in [-0.4, -0.2) is 32.7 Å². The van der Waals surface area contributed by atoms with Crippen LogP contribution in [0.2, 0.25) is 5.02 Å². The Morgan fingerprint density at radius 3 is 2.24 bits per heavy atom. The SMILES string of the molecule is CC.COc1ccc(NC(=O)c2ccc(Cl)c(-c3ccc(-c4cccc(CS(C)(=O)=O)c4)cc3)c2)cn1. The first kappa shape index (κ1) is 27.9. The van der Waals surface area contributed by atoms with Crippen LogP contribution in [0.15, 0.2) is 85.1 Å². The van der Waals surface area contributed by atoms with Crippen molar-refractivity contribution < 1.29 is 17.9 Å². The fourth-order valence-corrected chi connectivity index (χ4v) is 4.66. The number of nitrogens with zero attached hydrogens (tertiary/aromatic N) is 1. The number of carbonyl (C=O) groups is 1. The van der Waals surface area contributed by atoms with E-state index < -0.39 is 9.84 Å². The van der Waals surface area contributed by atoms with Crippen LogP contribution in [0.3, 0.4) is 0 Å². The van der Waals surface area contributed by atoms with E-state index in [4.69, 9.17) is 16.3 Å². The summed E-state index contributed by atoms with van der Waals surface area (Å²) in [6, 6.07) is 23.7. The van der Waals surface area contributed by atoms with E-state index >= 15 is 0 Å². The second-order valence-electron chi connectivity index (χ2n) is 8.09. The van der Waals surface area contributed by atoms with Crippen molar-refractivity contribution in [3.63, 3.8) is 0 Å². The number of carbonyl (C=O) groups excluding carboxylic acids is 1. The molecule has 1 aromatic heterocycles. The van der Waals surface area contributed by atoms with Gasteiger partial charge >= 0.3 is 0 Å². The van der Waals surface area contributed by atoms with Crippen LogP contribution in [0.4, 0.5) is 5.69 Å². The number of anilines is 1. The number of hydrogen-bond donors (Lipinski definition) is 1. The minimum absolute atomic E-state index is 0.00399. The first-order valence-corrected chi connectivity index (χ1v) is 14.1. The van der Waals surface area contributed by atoms with Gasteiger partial charge in [-0.2, -0.15) is 0 Å². The number of ether oxygens (including phenoxy) is 1. The molecule has 8 heteroatoms. The topological polar surface area (TPSA) is 85.4 Å². The van der Waals surface area contributed by atoms with Crippen LogP contribution in [0.25, 0.3) is 22.3 Å². The molecule has 0 unspecified atom stereocenters. The van der Waals surface area contributed by atoms with E-state index in [0.717, 1.165) is 27.8 Å². The summed E-state index contributed by atoms with van der Waals surface area (Å²) in [6.07, 6.45) is 2.75. The van der Waals surface area contributed by atoms with E-state index in [1.54, 1.807) is 36.4 Å². The van der Waals surface area contributed by atoms with Crippen LogP contribution < -0.4 is 10.1 Å².